The zero-order valence-corrected chi connectivity index (χ0v) is 58.7. The molecular formula is C72H90F2N10O9SSi. The van der Waals surface area contributed by atoms with Crippen LogP contribution in [0.2, 0.25) is 16.6 Å². The highest BCUT2D eigenvalue weighted by Crippen LogP contribution is 2.44. The lowest BCUT2D eigenvalue weighted by molar-refractivity contribution is -0.141. The molecule has 4 aliphatic rings. The first-order valence-electron chi connectivity index (χ1n) is 33.5. The van der Waals surface area contributed by atoms with Gasteiger partial charge in [0, 0.05) is 55.8 Å². The van der Waals surface area contributed by atoms with Crippen LogP contribution in [0.1, 0.15) is 150 Å². The molecule has 6 atom stereocenters. The number of anilines is 1. The van der Waals surface area contributed by atoms with Crippen molar-refractivity contribution in [2.75, 3.05) is 57.4 Å². The van der Waals surface area contributed by atoms with Gasteiger partial charge in [0.2, 0.25) is 11.8 Å². The maximum absolute atomic E-state index is 17.9. The van der Waals surface area contributed by atoms with Crippen molar-refractivity contribution in [1.29, 1.82) is 0 Å². The Balaban J connectivity index is 0.766. The summed E-state index contributed by atoms with van der Waals surface area (Å²) in [6.45, 7) is 29.7. The standard InChI is InChI=1S/C72H90F2N10O9SSi/c1-40(2)61(69(88)83-37-53(86)32-58(83)68(87)77-44(9)47-14-16-48(17-15-47)66-45(10)76-39-94-66)59-33-60(80-93-59)91-38-46-22-25-81(26-23-46)27-28-90-70-78-65-56(67(79-70)82-35-50-19-20-51(36-82)84(50)71(89)92-72(11,12)13)34-75-64(63(65)74)55-31-52(85)30-49-18-21-57(73)54(62(49)55)24-29-95(41(3)4,42(5)6)43(7)8/h14-18,21,30-31,33-34,39-44,46,50-51,53,58,61,85-86H,19-20,22-23,25-28,32,35-38H2,1-13H3,(H,77,87)/t44-,50?,51?,53+,58-,61-/m0/s1. The van der Waals surface area contributed by atoms with Crippen molar-refractivity contribution < 1.29 is 52.1 Å². The number of aromatic hydroxyl groups is 1. The number of phenolic OH excluding ortho intramolecular Hbond substituents is 1. The molecule has 8 heterocycles. The van der Waals surface area contributed by atoms with Gasteiger partial charge in [0.1, 0.15) is 60.8 Å². The number of aryl methyl sites for hydroxylation is 1. The Labute approximate surface area is 560 Å². The molecule has 0 saturated carbocycles. The van der Waals surface area contributed by atoms with Gasteiger partial charge in [-0.1, -0.05) is 91.6 Å². The number of carbonyl (C=O) groups excluding carboxylic acids is 3. The average Bonchev–Trinajstić information content (AvgIpc) is 1.20. The van der Waals surface area contributed by atoms with E-state index in [2.05, 4.69) is 73.4 Å². The second kappa shape index (κ2) is 28.1. The fraction of sp³-hybridized carbons (Fsp3) is 0.528. The number of aliphatic hydroxyl groups is 1. The van der Waals surface area contributed by atoms with E-state index >= 15 is 8.78 Å². The molecule has 19 nitrogen and oxygen atoms in total. The SMILES string of the molecule is Cc1ncsc1-c1ccc([C@H](C)NC(=O)[C@@H]2C[C@@H](O)CN2C(=O)[C@H](c2cc(OCC3CCN(CCOc4nc(N5CC6CCC(C5)N6C(=O)OC(C)(C)C)c5cnc(-c6cc(O)cc7ccc(F)c(C#C[Si](C(C)C)(C(C)C)C(C)C)c67)c(F)c5n4)CC3)no2)C(C)C)cc1. The monoisotopic (exact) mass is 1340 g/mol. The number of thiazole rings is 1. The number of halogens is 2. The summed E-state index contributed by atoms with van der Waals surface area (Å²) in [5.74, 6) is 1.22. The predicted octanol–water partition coefficient (Wildman–Crippen LogP) is 13.2. The maximum Gasteiger partial charge on any atom is 0.410 e. The van der Waals surface area contributed by atoms with Crippen LogP contribution in [-0.2, 0) is 14.3 Å². The molecule has 3 N–H and O–H groups in total. The van der Waals surface area contributed by atoms with Crippen molar-refractivity contribution in [3.63, 3.8) is 0 Å². The number of ether oxygens (including phenoxy) is 3. The lowest BCUT2D eigenvalue weighted by atomic mass is 9.91. The highest BCUT2D eigenvalue weighted by atomic mass is 32.1. The Morgan fingerprint density at radius 3 is 2.21 bits per heavy atom. The van der Waals surface area contributed by atoms with Crippen LogP contribution in [0.25, 0.3) is 43.4 Å². The third-order valence-corrected chi connectivity index (χ3v) is 27.1. The van der Waals surface area contributed by atoms with E-state index in [4.69, 9.17) is 33.7 Å². The van der Waals surface area contributed by atoms with E-state index < -0.39 is 43.4 Å². The molecule has 23 heteroatoms. The van der Waals surface area contributed by atoms with Crippen molar-refractivity contribution >= 4 is 64.8 Å². The number of phenols is 1. The van der Waals surface area contributed by atoms with Crippen molar-refractivity contribution in [2.24, 2.45) is 11.8 Å². The summed E-state index contributed by atoms with van der Waals surface area (Å²) < 4.78 is 58.6. The molecule has 4 saturated heterocycles. The van der Waals surface area contributed by atoms with E-state index in [0.717, 1.165) is 60.5 Å². The number of aliphatic hydroxyl groups excluding tert-OH is 1. The number of fused-ring (bicyclic) bond motifs is 4. The minimum atomic E-state index is -2.37. The number of pyridine rings is 1. The Morgan fingerprint density at radius 1 is 0.874 bits per heavy atom. The molecule has 11 rings (SSSR count). The molecule has 95 heavy (non-hydrogen) atoms. The molecule has 0 radical (unpaired) electrons. The van der Waals surface area contributed by atoms with Crippen LogP contribution in [0, 0.1) is 41.9 Å². The number of piperidine rings is 1. The van der Waals surface area contributed by atoms with Gasteiger partial charge >= 0.3 is 12.1 Å². The quantitative estimate of drug-likeness (QED) is 0.0506. The molecule has 4 aromatic heterocycles. The van der Waals surface area contributed by atoms with Crippen LogP contribution >= 0.6 is 11.3 Å². The number of piperazine rings is 1. The van der Waals surface area contributed by atoms with Gasteiger partial charge in [-0.05, 0) is 142 Å². The molecule has 3 amide bonds. The molecule has 0 aliphatic carbocycles. The number of hydrogen-bond donors (Lipinski definition) is 3. The van der Waals surface area contributed by atoms with Gasteiger partial charge < -0.3 is 44.1 Å². The highest BCUT2D eigenvalue weighted by Gasteiger charge is 2.47. The number of hydrogen-bond acceptors (Lipinski definition) is 17. The highest BCUT2D eigenvalue weighted by molar-refractivity contribution is 7.13. The van der Waals surface area contributed by atoms with Crippen LogP contribution < -0.4 is 19.7 Å². The maximum atomic E-state index is 17.9. The van der Waals surface area contributed by atoms with E-state index in [0.29, 0.717) is 54.0 Å². The summed E-state index contributed by atoms with van der Waals surface area (Å²) in [6, 6.07) is 13.8. The first-order chi connectivity index (χ1) is 45.2. The van der Waals surface area contributed by atoms with Gasteiger partial charge in [-0.25, -0.2) is 18.6 Å². The van der Waals surface area contributed by atoms with Gasteiger partial charge in [0.15, 0.2) is 11.6 Å². The minimum absolute atomic E-state index is 0.00985. The number of amides is 3. The fourth-order valence-electron chi connectivity index (χ4n) is 15.0. The second-order valence-corrected chi connectivity index (χ2v) is 35.0. The van der Waals surface area contributed by atoms with Gasteiger partial charge in [-0.3, -0.25) is 24.4 Å². The lowest BCUT2D eigenvalue weighted by Gasteiger charge is -2.42. The Hall–Kier alpha value is -7.78. The Bertz CT molecular complexity index is 3990. The van der Waals surface area contributed by atoms with Crippen molar-refractivity contribution in [3.05, 3.63) is 101 Å². The molecule has 2 unspecified atom stereocenters. The van der Waals surface area contributed by atoms with Crippen molar-refractivity contribution in [3.8, 4) is 50.8 Å². The number of rotatable bonds is 19. The summed E-state index contributed by atoms with van der Waals surface area (Å²) in [5, 5.41) is 30.5. The zero-order valence-electron chi connectivity index (χ0n) is 56.8. The number of carbonyl (C=O) groups is 3. The van der Waals surface area contributed by atoms with E-state index in [1.165, 1.54) is 29.3 Å². The van der Waals surface area contributed by atoms with Crippen LogP contribution in [0.3, 0.4) is 0 Å². The number of benzene rings is 3. The molecule has 0 spiro atoms. The van der Waals surface area contributed by atoms with Gasteiger partial charge in [-0.15, -0.1) is 16.9 Å². The van der Waals surface area contributed by atoms with Crippen LogP contribution in [0.4, 0.5) is 19.4 Å². The van der Waals surface area contributed by atoms with Crippen LogP contribution in [-0.4, -0.2) is 158 Å². The lowest BCUT2D eigenvalue weighted by Crippen LogP contribution is -2.57. The second-order valence-electron chi connectivity index (χ2n) is 28.6. The predicted molar refractivity (Wildman–Crippen MR) is 366 cm³/mol. The summed E-state index contributed by atoms with van der Waals surface area (Å²) in [5.41, 5.74) is 8.57. The molecule has 4 fully saturated rings. The number of nitrogens with zero attached hydrogens (tertiary/aromatic N) is 9. The number of likely N-dealkylation sites (tertiary alicyclic amines) is 2. The van der Waals surface area contributed by atoms with Gasteiger partial charge in [-0.2, -0.15) is 9.97 Å². The minimum Gasteiger partial charge on any atom is -0.508 e. The smallest absolute Gasteiger partial charge is 0.410 e. The topological polar surface area (TPSA) is 222 Å². The number of nitrogens with one attached hydrogen (secondary N) is 1. The third kappa shape index (κ3) is 14.4. The van der Waals surface area contributed by atoms with E-state index in [9.17, 15) is 24.6 Å². The summed E-state index contributed by atoms with van der Waals surface area (Å²) in [6.07, 6.45) is 3.50. The fourth-order valence-corrected chi connectivity index (χ4v) is 21.0. The number of β-amino-alcohol motifs (C(OH)–C–C–N with tert-alkyl or cyclic N) is 1. The largest absolute Gasteiger partial charge is 0.508 e. The molecular weight excluding hydrogens is 1250 g/mol. The first-order valence-corrected chi connectivity index (χ1v) is 36.7. The van der Waals surface area contributed by atoms with Crippen molar-refractivity contribution in [1.82, 2.24) is 45.1 Å². The van der Waals surface area contributed by atoms with Gasteiger partial charge in [0.25, 0.3) is 5.88 Å². The third-order valence-electron chi connectivity index (χ3n) is 19.8. The summed E-state index contributed by atoms with van der Waals surface area (Å²) in [7, 11) is -2.37. The van der Waals surface area contributed by atoms with Crippen molar-refractivity contribution in [2.45, 2.75) is 181 Å². The average molecular weight is 1340 g/mol. The van der Waals surface area contributed by atoms with Crippen LogP contribution in [0.15, 0.2) is 70.8 Å². The molecule has 7 aromatic rings. The normalized spacial score (nSPS) is 19.5. The molecule has 506 valence electrons. The molecule has 3 aromatic carbocycles. The summed E-state index contributed by atoms with van der Waals surface area (Å²) >= 11 is 1.58. The Kier molecular flexibility index (Phi) is 20.3. The van der Waals surface area contributed by atoms with Gasteiger partial charge in [0.05, 0.1) is 57.9 Å². The Morgan fingerprint density at radius 2 is 1.57 bits per heavy atom. The van der Waals surface area contributed by atoms with E-state index in [1.807, 2.05) is 88.0 Å². The van der Waals surface area contributed by atoms with E-state index in [-0.39, 0.29) is 124 Å². The molecule has 4 aliphatic heterocycles. The zero-order chi connectivity index (χ0) is 67.9. The summed E-state index contributed by atoms with van der Waals surface area (Å²) in [4.78, 5) is 69.4. The molecule has 2 bridgehead atoms. The van der Waals surface area contributed by atoms with Crippen LogP contribution in [0.5, 0.6) is 17.6 Å². The van der Waals surface area contributed by atoms with E-state index in [1.54, 1.807) is 23.5 Å². The number of aromatic nitrogens is 5. The first kappa shape index (κ1) is 68.6.